The maximum absolute atomic E-state index is 13.7. The van der Waals surface area contributed by atoms with E-state index in [9.17, 15) is 13.6 Å². The van der Waals surface area contributed by atoms with Gasteiger partial charge in [0.25, 0.3) is 5.91 Å². The maximum atomic E-state index is 13.7. The summed E-state index contributed by atoms with van der Waals surface area (Å²) in [5.41, 5.74) is 4.82. The molecule has 0 bridgehead atoms. The van der Waals surface area contributed by atoms with Gasteiger partial charge in [0, 0.05) is 24.1 Å². The van der Waals surface area contributed by atoms with Crippen molar-refractivity contribution in [1.29, 1.82) is 0 Å². The van der Waals surface area contributed by atoms with Crippen molar-refractivity contribution in [1.82, 2.24) is 19.9 Å². The molecular weight excluding hydrogens is 478 g/mol. The quantitative estimate of drug-likeness (QED) is 0.266. The largest absolute Gasteiger partial charge is 0.348 e. The van der Waals surface area contributed by atoms with Crippen LogP contribution in [0.15, 0.2) is 96.4 Å². The minimum absolute atomic E-state index is 0.220. The number of nitrogens with one attached hydrogen (secondary N) is 1. The van der Waals surface area contributed by atoms with Crippen LogP contribution in [0.3, 0.4) is 0 Å². The number of carbonyl (C=O) groups is 1. The number of fused-ring (bicyclic) bond motifs is 1. The second-order valence-corrected chi connectivity index (χ2v) is 9.22. The monoisotopic (exact) mass is 500 g/mol. The van der Waals surface area contributed by atoms with Crippen molar-refractivity contribution in [2.24, 2.45) is 0 Å². The second-order valence-electron chi connectivity index (χ2n) is 8.27. The van der Waals surface area contributed by atoms with Gasteiger partial charge in [-0.3, -0.25) is 9.78 Å². The van der Waals surface area contributed by atoms with Crippen LogP contribution in [0.25, 0.3) is 11.0 Å². The zero-order valence-electron chi connectivity index (χ0n) is 19.2. The first-order valence-corrected chi connectivity index (χ1v) is 12.3. The SMILES string of the molecule is O=C(NCc1cccc(F)c1)c1ccc(CSc2nc3ccncc3n2Cc2cccc(F)c2)cc1. The molecule has 0 radical (unpaired) electrons. The molecule has 0 unspecified atom stereocenters. The summed E-state index contributed by atoms with van der Waals surface area (Å²) in [4.78, 5) is 21.5. The molecule has 5 rings (SSSR count). The summed E-state index contributed by atoms with van der Waals surface area (Å²) >= 11 is 1.57. The van der Waals surface area contributed by atoms with Gasteiger partial charge in [0.15, 0.2) is 5.16 Å². The number of hydrogen-bond donors (Lipinski definition) is 1. The van der Waals surface area contributed by atoms with E-state index in [1.807, 2.05) is 28.8 Å². The lowest BCUT2D eigenvalue weighted by atomic mass is 10.1. The van der Waals surface area contributed by atoms with E-state index in [0.717, 1.165) is 27.3 Å². The molecule has 0 spiro atoms. The molecule has 0 aliphatic carbocycles. The number of hydrogen-bond acceptors (Lipinski definition) is 4. The zero-order valence-corrected chi connectivity index (χ0v) is 20.0. The molecule has 0 aliphatic rings. The maximum Gasteiger partial charge on any atom is 0.251 e. The van der Waals surface area contributed by atoms with E-state index in [1.54, 1.807) is 54.5 Å². The summed E-state index contributed by atoms with van der Waals surface area (Å²) in [5, 5.41) is 3.62. The van der Waals surface area contributed by atoms with Gasteiger partial charge >= 0.3 is 0 Å². The van der Waals surface area contributed by atoms with Crippen LogP contribution in [0.2, 0.25) is 0 Å². The van der Waals surface area contributed by atoms with Crippen molar-refractivity contribution in [3.63, 3.8) is 0 Å². The number of benzene rings is 3. The number of nitrogens with zero attached hydrogens (tertiary/aromatic N) is 3. The molecule has 0 saturated heterocycles. The molecule has 36 heavy (non-hydrogen) atoms. The Labute approximate surface area is 211 Å². The first kappa shape index (κ1) is 23.7. The summed E-state index contributed by atoms with van der Waals surface area (Å²) in [6, 6.07) is 21.9. The molecule has 0 saturated carbocycles. The van der Waals surface area contributed by atoms with Gasteiger partial charge in [0.05, 0.1) is 23.8 Å². The van der Waals surface area contributed by atoms with E-state index in [4.69, 9.17) is 4.98 Å². The Balaban J connectivity index is 1.26. The average Bonchev–Trinajstić information content (AvgIpc) is 3.23. The molecule has 0 atom stereocenters. The molecule has 180 valence electrons. The van der Waals surface area contributed by atoms with Gasteiger partial charge in [0.1, 0.15) is 11.6 Å². The van der Waals surface area contributed by atoms with Crippen molar-refractivity contribution in [2.75, 3.05) is 0 Å². The third-order valence-corrected chi connectivity index (χ3v) is 6.72. The highest BCUT2D eigenvalue weighted by Gasteiger charge is 2.13. The lowest BCUT2D eigenvalue weighted by Gasteiger charge is -2.10. The molecular formula is C28H22F2N4OS. The van der Waals surface area contributed by atoms with Crippen LogP contribution in [0.1, 0.15) is 27.0 Å². The van der Waals surface area contributed by atoms with Gasteiger partial charge in [0.2, 0.25) is 0 Å². The number of rotatable bonds is 8. The third-order valence-electron chi connectivity index (χ3n) is 5.67. The Kier molecular flexibility index (Phi) is 7.04. The average molecular weight is 501 g/mol. The second kappa shape index (κ2) is 10.7. The molecule has 0 fully saturated rings. The summed E-state index contributed by atoms with van der Waals surface area (Å²) in [5.74, 6) is -0.179. The van der Waals surface area contributed by atoms with Crippen molar-refractivity contribution in [2.45, 2.75) is 24.0 Å². The normalized spacial score (nSPS) is 11.1. The molecule has 5 aromatic rings. The minimum atomic E-state index is -0.329. The molecule has 5 nitrogen and oxygen atoms in total. The number of aromatic nitrogens is 3. The van der Waals surface area contributed by atoms with E-state index in [0.29, 0.717) is 23.4 Å². The summed E-state index contributed by atoms with van der Waals surface area (Å²) in [6.45, 7) is 0.733. The van der Waals surface area contributed by atoms with Gasteiger partial charge in [-0.1, -0.05) is 48.2 Å². The highest BCUT2D eigenvalue weighted by molar-refractivity contribution is 7.98. The topological polar surface area (TPSA) is 59.8 Å². The van der Waals surface area contributed by atoms with Crippen molar-refractivity contribution < 1.29 is 13.6 Å². The molecule has 2 heterocycles. The highest BCUT2D eigenvalue weighted by Crippen LogP contribution is 2.27. The Hall–Kier alpha value is -4.04. The first-order valence-electron chi connectivity index (χ1n) is 11.3. The van der Waals surface area contributed by atoms with Crippen LogP contribution >= 0.6 is 11.8 Å². The molecule has 0 aliphatic heterocycles. The number of imidazole rings is 1. The standard InChI is InChI=1S/C28H22F2N4OS/c29-23-5-1-3-20(13-23)15-32-27(35)22-9-7-19(8-10-22)18-36-28-33-25-11-12-31-16-26(25)34(28)17-21-4-2-6-24(30)14-21/h1-14,16H,15,17-18H2,(H,32,35). The van der Waals surface area contributed by atoms with Crippen LogP contribution in [0, 0.1) is 11.6 Å². The van der Waals surface area contributed by atoms with E-state index >= 15 is 0 Å². The predicted molar refractivity (Wildman–Crippen MR) is 137 cm³/mol. The molecule has 8 heteroatoms. The van der Waals surface area contributed by atoms with Gasteiger partial charge < -0.3 is 9.88 Å². The van der Waals surface area contributed by atoms with Gasteiger partial charge in [-0.05, 0) is 59.2 Å². The Morgan fingerprint density at radius 2 is 1.61 bits per heavy atom. The fraction of sp³-hybridized carbons (Fsp3) is 0.107. The van der Waals surface area contributed by atoms with Crippen LogP contribution in [0.5, 0.6) is 0 Å². The van der Waals surface area contributed by atoms with Crippen LogP contribution in [0.4, 0.5) is 8.78 Å². The number of thioether (sulfide) groups is 1. The molecule has 1 amide bonds. The third kappa shape index (κ3) is 5.60. The molecule has 2 aromatic heterocycles. The van der Waals surface area contributed by atoms with Gasteiger partial charge in [-0.15, -0.1) is 0 Å². The van der Waals surface area contributed by atoms with Crippen molar-refractivity contribution in [3.8, 4) is 0 Å². The predicted octanol–water partition coefficient (Wildman–Crippen LogP) is 5.98. The Bertz CT molecular complexity index is 1520. The lowest BCUT2D eigenvalue weighted by Crippen LogP contribution is -2.22. The van der Waals surface area contributed by atoms with E-state index in [-0.39, 0.29) is 24.1 Å². The van der Waals surface area contributed by atoms with Crippen molar-refractivity contribution in [3.05, 3.63) is 125 Å². The Morgan fingerprint density at radius 1 is 0.889 bits per heavy atom. The summed E-state index contributed by atoms with van der Waals surface area (Å²) < 4.78 is 29.1. The minimum Gasteiger partial charge on any atom is -0.348 e. The van der Waals surface area contributed by atoms with Crippen LogP contribution < -0.4 is 5.32 Å². The Morgan fingerprint density at radius 3 is 2.36 bits per heavy atom. The number of amides is 1. The van der Waals surface area contributed by atoms with Crippen molar-refractivity contribution >= 4 is 28.7 Å². The van der Waals surface area contributed by atoms with E-state index < -0.39 is 0 Å². The molecule has 3 aromatic carbocycles. The zero-order chi connectivity index (χ0) is 24.9. The fourth-order valence-electron chi connectivity index (χ4n) is 3.86. The highest BCUT2D eigenvalue weighted by atomic mass is 32.2. The smallest absolute Gasteiger partial charge is 0.251 e. The summed E-state index contributed by atoms with van der Waals surface area (Å²) in [7, 11) is 0. The molecule has 1 N–H and O–H groups in total. The first-order chi connectivity index (χ1) is 17.5. The van der Waals surface area contributed by atoms with E-state index in [2.05, 4.69) is 10.3 Å². The van der Waals surface area contributed by atoms with Crippen LogP contribution in [-0.2, 0) is 18.8 Å². The number of halogens is 2. The lowest BCUT2D eigenvalue weighted by molar-refractivity contribution is 0.0951. The summed E-state index contributed by atoms with van der Waals surface area (Å²) in [6.07, 6.45) is 3.47. The number of pyridine rings is 1. The van der Waals surface area contributed by atoms with Crippen LogP contribution in [-0.4, -0.2) is 20.4 Å². The van der Waals surface area contributed by atoms with Gasteiger partial charge in [-0.25, -0.2) is 13.8 Å². The van der Waals surface area contributed by atoms with E-state index in [1.165, 1.54) is 24.3 Å². The van der Waals surface area contributed by atoms with Gasteiger partial charge in [-0.2, -0.15) is 0 Å². The fourth-order valence-corrected chi connectivity index (χ4v) is 4.83. The number of carbonyl (C=O) groups excluding carboxylic acids is 1.